The van der Waals surface area contributed by atoms with Gasteiger partial charge in [-0.3, -0.25) is 14.5 Å². The fourth-order valence-corrected chi connectivity index (χ4v) is 1.92. The molecule has 0 aromatic heterocycles. The minimum absolute atomic E-state index is 0.105. The molecule has 1 saturated heterocycles. The molecule has 86 valence electrons. The van der Waals surface area contributed by atoms with Crippen molar-refractivity contribution >= 4 is 11.8 Å². The molecular formula is C11H19NO3. The van der Waals surface area contributed by atoms with Crippen LogP contribution in [0.1, 0.15) is 26.7 Å². The smallest absolute Gasteiger partial charge is 0.320 e. The second kappa shape index (κ2) is 5.85. The SMILES string of the molecule is CCOC(=O)CN1CCCC(C(C)=O)C1. The zero-order valence-corrected chi connectivity index (χ0v) is 9.49. The van der Waals surface area contributed by atoms with Gasteiger partial charge in [-0.1, -0.05) is 0 Å². The number of carbonyl (C=O) groups excluding carboxylic acids is 2. The van der Waals surface area contributed by atoms with Gasteiger partial charge in [-0.2, -0.15) is 0 Å². The predicted molar refractivity (Wildman–Crippen MR) is 56.5 cm³/mol. The number of piperidine rings is 1. The van der Waals surface area contributed by atoms with Crippen molar-refractivity contribution in [2.75, 3.05) is 26.2 Å². The standard InChI is InChI=1S/C11H19NO3/c1-3-15-11(14)8-12-6-4-5-10(7-12)9(2)13/h10H,3-8H2,1-2H3. The molecule has 1 fully saturated rings. The van der Waals surface area contributed by atoms with Gasteiger partial charge in [0.15, 0.2) is 0 Å². The van der Waals surface area contributed by atoms with E-state index >= 15 is 0 Å². The van der Waals surface area contributed by atoms with Crippen molar-refractivity contribution in [3.05, 3.63) is 0 Å². The van der Waals surface area contributed by atoms with Gasteiger partial charge in [0.1, 0.15) is 5.78 Å². The van der Waals surface area contributed by atoms with Crippen LogP contribution in [0.4, 0.5) is 0 Å². The van der Waals surface area contributed by atoms with Crippen LogP contribution in [0.25, 0.3) is 0 Å². The Morgan fingerprint density at radius 3 is 2.80 bits per heavy atom. The zero-order valence-electron chi connectivity index (χ0n) is 9.49. The van der Waals surface area contributed by atoms with Crippen LogP contribution in [0.2, 0.25) is 0 Å². The summed E-state index contributed by atoms with van der Waals surface area (Å²) in [6.45, 7) is 5.75. The van der Waals surface area contributed by atoms with Crippen molar-refractivity contribution in [1.82, 2.24) is 4.90 Å². The molecule has 0 saturated carbocycles. The zero-order chi connectivity index (χ0) is 11.3. The van der Waals surface area contributed by atoms with E-state index in [1.165, 1.54) is 0 Å². The number of ether oxygens (including phenoxy) is 1. The summed E-state index contributed by atoms with van der Waals surface area (Å²) in [5.41, 5.74) is 0. The molecule has 4 heteroatoms. The molecule has 0 radical (unpaired) electrons. The summed E-state index contributed by atoms with van der Waals surface area (Å²) in [7, 11) is 0. The third kappa shape index (κ3) is 4.00. The first kappa shape index (κ1) is 12.2. The van der Waals surface area contributed by atoms with Gasteiger partial charge in [0, 0.05) is 12.5 Å². The van der Waals surface area contributed by atoms with Gasteiger partial charge in [-0.25, -0.2) is 0 Å². The first-order valence-electron chi connectivity index (χ1n) is 5.52. The molecule has 1 rings (SSSR count). The minimum atomic E-state index is -0.193. The van der Waals surface area contributed by atoms with Crippen molar-refractivity contribution in [2.45, 2.75) is 26.7 Å². The van der Waals surface area contributed by atoms with Gasteiger partial charge in [-0.05, 0) is 33.2 Å². The fraction of sp³-hybridized carbons (Fsp3) is 0.818. The second-order valence-electron chi connectivity index (χ2n) is 3.99. The van der Waals surface area contributed by atoms with E-state index < -0.39 is 0 Å². The molecule has 0 aromatic carbocycles. The molecule has 0 bridgehead atoms. The van der Waals surface area contributed by atoms with Crippen LogP contribution in [0.3, 0.4) is 0 Å². The Morgan fingerprint density at radius 1 is 1.47 bits per heavy atom. The largest absolute Gasteiger partial charge is 0.465 e. The summed E-state index contributed by atoms with van der Waals surface area (Å²) >= 11 is 0. The maximum absolute atomic E-state index is 11.2. The number of nitrogens with zero attached hydrogens (tertiary/aromatic N) is 1. The first-order valence-corrected chi connectivity index (χ1v) is 5.52. The highest BCUT2D eigenvalue weighted by Crippen LogP contribution is 2.16. The molecule has 0 spiro atoms. The topological polar surface area (TPSA) is 46.6 Å². The van der Waals surface area contributed by atoms with Gasteiger partial charge < -0.3 is 4.74 Å². The molecule has 1 atom stereocenters. The van der Waals surface area contributed by atoms with Crippen molar-refractivity contribution in [2.24, 2.45) is 5.92 Å². The molecule has 1 unspecified atom stereocenters. The van der Waals surface area contributed by atoms with E-state index in [1.54, 1.807) is 13.8 Å². The lowest BCUT2D eigenvalue weighted by atomic mass is 9.95. The first-order chi connectivity index (χ1) is 7.13. The van der Waals surface area contributed by atoms with Crippen LogP contribution in [-0.4, -0.2) is 42.9 Å². The third-order valence-corrected chi connectivity index (χ3v) is 2.74. The Labute approximate surface area is 90.6 Å². The highest BCUT2D eigenvalue weighted by molar-refractivity contribution is 5.78. The molecular weight excluding hydrogens is 194 g/mol. The number of hydrogen-bond donors (Lipinski definition) is 0. The van der Waals surface area contributed by atoms with Gasteiger partial charge >= 0.3 is 5.97 Å². The molecule has 0 aromatic rings. The van der Waals surface area contributed by atoms with Crippen LogP contribution >= 0.6 is 0 Å². The predicted octanol–water partition coefficient (Wildman–Crippen LogP) is 0.851. The summed E-state index contributed by atoms with van der Waals surface area (Å²) in [6, 6.07) is 0. The van der Waals surface area contributed by atoms with E-state index in [0.717, 1.165) is 19.4 Å². The van der Waals surface area contributed by atoms with Gasteiger partial charge in [0.05, 0.1) is 13.2 Å². The molecule has 0 aliphatic carbocycles. The minimum Gasteiger partial charge on any atom is -0.465 e. The maximum Gasteiger partial charge on any atom is 0.320 e. The van der Waals surface area contributed by atoms with Crippen LogP contribution in [0.15, 0.2) is 0 Å². The number of hydrogen-bond acceptors (Lipinski definition) is 4. The van der Waals surface area contributed by atoms with Crippen molar-refractivity contribution in [3.8, 4) is 0 Å². The van der Waals surface area contributed by atoms with E-state index in [-0.39, 0.29) is 17.7 Å². The number of esters is 1. The quantitative estimate of drug-likeness (QED) is 0.649. The Bertz CT molecular complexity index is 240. The second-order valence-corrected chi connectivity index (χ2v) is 3.99. The summed E-state index contributed by atoms with van der Waals surface area (Å²) in [5, 5.41) is 0. The molecule has 1 aliphatic rings. The number of rotatable bonds is 4. The average molecular weight is 213 g/mol. The van der Waals surface area contributed by atoms with Crippen LogP contribution in [-0.2, 0) is 14.3 Å². The van der Waals surface area contributed by atoms with Crippen LogP contribution in [0.5, 0.6) is 0 Å². The lowest BCUT2D eigenvalue weighted by Crippen LogP contribution is -2.41. The van der Waals surface area contributed by atoms with Crippen molar-refractivity contribution < 1.29 is 14.3 Å². The van der Waals surface area contributed by atoms with Crippen LogP contribution in [0, 0.1) is 5.92 Å². The Balaban J connectivity index is 2.36. The van der Waals surface area contributed by atoms with E-state index in [2.05, 4.69) is 0 Å². The summed E-state index contributed by atoms with van der Waals surface area (Å²) < 4.78 is 4.87. The number of Topliss-reactive ketones (excluding diaryl/α,β-unsaturated/α-hetero) is 1. The Hall–Kier alpha value is -0.900. The number of carbonyl (C=O) groups is 2. The van der Waals surface area contributed by atoms with E-state index in [1.807, 2.05) is 4.90 Å². The normalized spacial score (nSPS) is 22.4. The average Bonchev–Trinajstić information content (AvgIpc) is 2.18. The number of likely N-dealkylation sites (tertiary alicyclic amines) is 1. The molecule has 4 nitrogen and oxygen atoms in total. The van der Waals surface area contributed by atoms with E-state index in [0.29, 0.717) is 19.7 Å². The summed E-state index contributed by atoms with van der Waals surface area (Å²) in [6.07, 6.45) is 1.94. The van der Waals surface area contributed by atoms with Gasteiger partial charge in [0.25, 0.3) is 0 Å². The fourth-order valence-electron chi connectivity index (χ4n) is 1.92. The van der Waals surface area contributed by atoms with E-state index in [9.17, 15) is 9.59 Å². The lowest BCUT2D eigenvalue weighted by Gasteiger charge is -2.30. The maximum atomic E-state index is 11.2. The van der Waals surface area contributed by atoms with Gasteiger partial charge in [-0.15, -0.1) is 0 Å². The molecule has 0 N–H and O–H groups in total. The molecule has 1 aliphatic heterocycles. The molecule has 0 amide bonds. The Kier molecular flexibility index (Phi) is 4.75. The molecule has 15 heavy (non-hydrogen) atoms. The monoisotopic (exact) mass is 213 g/mol. The van der Waals surface area contributed by atoms with Crippen LogP contribution < -0.4 is 0 Å². The third-order valence-electron chi connectivity index (χ3n) is 2.74. The number of ketones is 1. The van der Waals surface area contributed by atoms with Gasteiger partial charge in [0.2, 0.25) is 0 Å². The van der Waals surface area contributed by atoms with Crippen molar-refractivity contribution in [1.29, 1.82) is 0 Å². The van der Waals surface area contributed by atoms with E-state index in [4.69, 9.17) is 4.74 Å². The molecule has 1 heterocycles. The highest BCUT2D eigenvalue weighted by atomic mass is 16.5. The van der Waals surface area contributed by atoms with Crippen molar-refractivity contribution in [3.63, 3.8) is 0 Å². The summed E-state index contributed by atoms with van der Waals surface area (Å²) in [5.74, 6) is 0.137. The summed E-state index contributed by atoms with van der Waals surface area (Å²) in [4.78, 5) is 24.5. The lowest BCUT2D eigenvalue weighted by molar-refractivity contribution is -0.145. The Morgan fingerprint density at radius 2 is 2.20 bits per heavy atom. The highest BCUT2D eigenvalue weighted by Gasteiger charge is 2.24.